The first-order chi connectivity index (χ1) is 12.8. The number of ether oxygens (including phenoxy) is 2. The molecule has 0 saturated carbocycles. The molecule has 0 amide bonds. The van der Waals surface area contributed by atoms with E-state index >= 15 is 0 Å². The molecule has 4 rings (SSSR count). The molecule has 1 unspecified atom stereocenters. The number of fused-ring (bicyclic) bond motifs is 1. The third-order valence-electron chi connectivity index (χ3n) is 5.29. The zero-order chi connectivity index (χ0) is 17.8. The fraction of sp³-hybridized carbons (Fsp3) is 0.409. The Morgan fingerprint density at radius 3 is 2.63 bits per heavy atom. The summed E-state index contributed by atoms with van der Waals surface area (Å²) >= 11 is 0. The zero-order valence-electron chi connectivity index (χ0n) is 15.4. The van der Waals surface area contributed by atoms with Gasteiger partial charge in [0.1, 0.15) is 13.2 Å². The number of halogens is 1. The van der Waals surface area contributed by atoms with Gasteiger partial charge < -0.3 is 38.4 Å². The molecule has 0 radical (unpaired) electrons. The largest absolute Gasteiger partial charge is 1.00 e. The van der Waals surface area contributed by atoms with Crippen LogP contribution < -0.4 is 33.5 Å². The number of carbonyl (C=O) groups excluding carboxylic acids is 1. The molecule has 4 nitrogen and oxygen atoms in total. The highest BCUT2D eigenvalue weighted by Crippen LogP contribution is 2.31. The van der Waals surface area contributed by atoms with Crippen LogP contribution in [0.15, 0.2) is 48.5 Å². The molecule has 2 heterocycles. The van der Waals surface area contributed by atoms with Gasteiger partial charge in [0.05, 0.1) is 0 Å². The molecule has 1 fully saturated rings. The van der Waals surface area contributed by atoms with Crippen molar-refractivity contribution in [3.63, 3.8) is 0 Å². The van der Waals surface area contributed by atoms with E-state index < -0.39 is 0 Å². The molecule has 144 valence electrons. The van der Waals surface area contributed by atoms with Crippen LogP contribution in [0.25, 0.3) is 0 Å². The van der Waals surface area contributed by atoms with Crippen molar-refractivity contribution in [2.75, 3.05) is 32.8 Å². The topological polar surface area (TPSA) is 38.8 Å². The van der Waals surface area contributed by atoms with Gasteiger partial charge in [0.15, 0.2) is 17.3 Å². The molecular weight excluding hydrogens is 453 g/mol. The number of rotatable bonds is 6. The fourth-order valence-electron chi connectivity index (χ4n) is 3.86. The molecule has 0 aliphatic carbocycles. The minimum absolute atomic E-state index is 0. The lowest BCUT2D eigenvalue weighted by Gasteiger charge is -2.19. The highest BCUT2D eigenvalue weighted by molar-refractivity contribution is 5.96. The van der Waals surface area contributed by atoms with Crippen LogP contribution in [0.3, 0.4) is 0 Å². The van der Waals surface area contributed by atoms with E-state index in [9.17, 15) is 4.79 Å². The minimum Gasteiger partial charge on any atom is -1.00 e. The lowest BCUT2D eigenvalue weighted by molar-refractivity contribution is -0.0000137. The van der Waals surface area contributed by atoms with Gasteiger partial charge in [-0.15, -0.1) is 0 Å². The molecule has 0 spiro atoms. The van der Waals surface area contributed by atoms with Crippen LogP contribution in [-0.2, 0) is 0 Å². The summed E-state index contributed by atoms with van der Waals surface area (Å²) in [5.74, 6) is 2.23. The van der Waals surface area contributed by atoms with E-state index in [-0.39, 0.29) is 29.8 Å². The molecule has 0 aromatic heterocycles. The van der Waals surface area contributed by atoms with E-state index in [0.29, 0.717) is 31.3 Å². The van der Waals surface area contributed by atoms with E-state index in [1.807, 2.05) is 18.2 Å². The molecule has 2 aliphatic rings. The highest BCUT2D eigenvalue weighted by Gasteiger charge is 2.23. The zero-order valence-corrected chi connectivity index (χ0v) is 17.6. The van der Waals surface area contributed by atoms with Crippen LogP contribution in [-0.4, -0.2) is 43.5 Å². The summed E-state index contributed by atoms with van der Waals surface area (Å²) in [7, 11) is 0. The summed E-state index contributed by atoms with van der Waals surface area (Å²) in [6.45, 7) is 4.32. The van der Waals surface area contributed by atoms with Gasteiger partial charge in [-0.3, -0.25) is 4.79 Å². The molecule has 2 aliphatic heterocycles. The Bertz CT molecular complexity index is 765. The average molecular weight is 478 g/mol. The molecule has 1 atom stereocenters. The van der Waals surface area contributed by atoms with Crippen LogP contribution in [0.1, 0.15) is 41.1 Å². The first kappa shape index (κ1) is 20.1. The van der Waals surface area contributed by atoms with Crippen molar-refractivity contribution in [1.29, 1.82) is 0 Å². The van der Waals surface area contributed by atoms with E-state index in [0.717, 1.165) is 37.4 Å². The van der Waals surface area contributed by atoms with E-state index in [4.69, 9.17) is 9.47 Å². The van der Waals surface area contributed by atoms with Crippen molar-refractivity contribution in [2.45, 2.75) is 25.2 Å². The van der Waals surface area contributed by atoms with Gasteiger partial charge in [-0.05, 0) is 55.6 Å². The van der Waals surface area contributed by atoms with Gasteiger partial charge in [-0.25, -0.2) is 0 Å². The molecule has 5 heteroatoms. The van der Waals surface area contributed by atoms with Gasteiger partial charge >= 0.3 is 0 Å². The summed E-state index contributed by atoms with van der Waals surface area (Å²) in [5.41, 5.74) is 2.15. The van der Waals surface area contributed by atoms with Crippen LogP contribution in [0.2, 0.25) is 0 Å². The minimum atomic E-state index is 0. The van der Waals surface area contributed by atoms with Crippen LogP contribution in [0.4, 0.5) is 0 Å². The highest BCUT2D eigenvalue weighted by atomic mass is 127. The number of ketones is 1. The summed E-state index contributed by atoms with van der Waals surface area (Å²) < 4.78 is 11.1. The maximum atomic E-state index is 12.5. The van der Waals surface area contributed by atoms with Crippen molar-refractivity contribution in [1.82, 2.24) is 4.90 Å². The van der Waals surface area contributed by atoms with E-state index in [1.165, 1.54) is 12.0 Å². The number of Topliss-reactive ketones (excluding diaryl/α,β-unsaturated/α-hetero) is 1. The molecule has 27 heavy (non-hydrogen) atoms. The summed E-state index contributed by atoms with van der Waals surface area (Å²) in [5, 5.41) is 0. The summed E-state index contributed by atoms with van der Waals surface area (Å²) in [4.78, 5) is 15.0. The predicted molar refractivity (Wildman–Crippen MR) is 101 cm³/mol. The lowest BCUT2D eigenvalue weighted by atomic mass is 9.99. The van der Waals surface area contributed by atoms with Gasteiger partial charge in [0.25, 0.3) is 0 Å². The standard InChI is InChI=1S/C22H25NO3.HI/c24-20(18-8-9-21-22(15-18)26-14-13-25-21)7-4-11-23-12-10-19(16-23)17-5-2-1-3-6-17;/h1-3,5-6,8-9,15,19H,4,7,10-14,16H2;1H/p-1. The lowest BCUT2D eigenvalue weighted by Crippen LogP contribution is -3.00. The smallest absolute Gasteiger partial charge is 0.163 e. The second kappa shape index (κ2) is 9.55. The van der Waals surface area contributed by atoms with Crippen molar-refractivity contribution < 1.29 is 38.2 Å². The Kier molecular flexibility index (Phi) is 7.13. The van der Waals surface area contributed by atoms with Gasteiger partial charge in [0, 0.05) is 18.5 Å². The van der Waals surface area contributed by atoms with Crippen molar-refractivity contribution in [2.24, 2.45) is 0 Å². The third-order valence-corrected chi connectivity index (χ3v) is 5.29. The SMILES string of the molecule is O=C(CCCN1CCC(c2ccccc2)C1)c1ccc2c(c1)OCCO2.[I-]. The van der Waals surface area contributed by atoms with Crippen LogP contribution in [0.5, 0.6) is 11.5 Å². The number of hydrogen-bond acceptors (Lipinski definition) is 4. The molecule has 1 saturated heterocycles. The van der Waals surface area contributed by atoms with Crippen LogP contribution >= 0.6 is 0 Å². The Hall–Kier alpha value is -1.60. The first-order valence-corrected chi connectivity index (χ1v) is 9.50. The monoisotopic (exact) mass is 478 g/mol. The van der Waals surface area contributed by atoms with Crippen LogP contribution in [0, 0.1) is 0 Å². The third kappa shape index (κ3) is 5.02. The van der Waals surface area contributed by atoms with E-state index in [1.54, 1.807) is 0 Å². The normalized spacial score (nSPS) is 18.7. The molecule has 0 bridgehead atoms. The maximum absolute atomic E-state index is 12.5. The molecule has 2 aromatic rings. The second-order valence-electron chi connectivity index (χ2n) is 7.08. The fourth-order valence-corrected chi connectivity index (χ4v) is 3.86. The summed E-state index contributed by atoms with van der Waals surface area (Å²) in [6, 6.07) is 16.2. The van der Waals surface area contributed by atoms with Crippen molar-refractivity contribution in [3.8, 4) is 11.5 Å². The number of hydrogen-bond donors (Lipinski definition) is 0. The Balaban J connectivity index is 0.00000210. The maximum Gasteiger partial charge on any atom is 0.163 e. The van der Waals surface area contributed by atoms with Gasteiger partial charge in [0.2, 0.25) is 0 Å². The Morgan fingerprint density at radius 1 is 1.04 bits per heavy atom. The number of nitrogens with zero attached hydrogens (tertiary/aromatic N) is 1. The quantitative estimate of drug-likeness (QED) is 0.458. The number of likely N-dealkylation sites (tertiary alicyclic amines) is 1. The number of carbonyl (C=O) groups is 1. The van der Waals surface area contributed by atoms with Crippen molar-refractivity contribution in [3.05, 3.63) is 59.7 Å². The Labute approximate surface area is 177 Å². The second-order valence-corrected chi connectivity index (χ2v) is 7.08. The first-order valence-electron chi connectivity index (χ1n) is 9.50. The van der Waals surface area contributed by atoms with E-state index in [2.05, 4.69) is 35.2 Å². The summed E-state index contributed by atoms with van der Waals surface area (Å²) in [6.07, 6.45) is 2.68. The van der Waals surface area contributed by atoms with Crippen molar-refractivity contribution >= 4 is 5.78 Å². The Morgan fingerprint density at radius 2 is 1.81 bits per heavy atom. The van der Waals surface area contributed by atoms with Gasteiger partial charge in [-0.2, -0.15) is 0 Å². The molecule has 2 aromatic carbocycles. The molecular formula is C22H25INO3-. The average Bonchev–Trinajstić information content (AvgIpc) is 3.17. The number of benzene rings is 2. The predicted octanol–water partition coefficient (Wildman–Crippen LogP) is 0.914. The van der Waals surface area contributed by atoms with Gasteiger partial charge in [-0.1, -0.05) is 30.3 Å². The molecule has 0 N–H and O–H groups in total.